The first-order chi connectivity index (χ1) is 21.6. The summed E-state index contributed by atoms with van der Waals surface area (Å²) >= 11 is 0. The molecule has 0 spiro atoms. The van der Waals surface area contributed by atoms with Gasteiger partial charge in [0.2, 0.25) is 17.7 Å². The van der Waals surface area contributed by atoms with Gasteiger partial charge >= 0.3 is 18.2 Å². The molecule has 4 amide bonds. The SMILES string of the molecule is CC(C)(C)OC(=O)N[C@H]1CCC(F)(F)CC/C=C\[C@@H]2C[C@@]2(C(=O)O)NC(=O)C2C[C@@H](OC(=O)N3Cc4ccccc4C3)CN2C1=O. The van der Waals surface area contributed by atoms with Gasteiger partial charge in [0.25, 0.3) is 0 Å². The van der Waals surface area contributed by atoms with Gasteiger partial charge < -0.3 is 30.1 Å². The maximum Gasteiger partial charge on any atom is 0.410 e. The summed E-state index contributed by atoms with van der Waals surface area (Å²) in [6.45, 7) is 5.19. The molecule has 4 aliphatic rings. The Bertz CT molecular complexity index is 1400. The number of aliphatic carboxylic acids is 1. The van der Waals surface area contributed by atoms with E-state index in [4.69, 9.17) is 9.47 Å². The lowest BCUT2D eigenvalue weighted by molar-refractivity contribution is -0.145. The molecule has 3 heterocycles. The highest BCUT2D eigenvalue weighted by Crippen LogP contribution is 2.45. The third-order valence-corrected chi connectivity index (χ3v) is 8.79. The molecule has 0 radical (unpaired) electrons. The molecule has 1 aliphatic carbocycles. The third kappa shape index (κ3) is 7.42. The number of fused-ring (bicyclic) bond motifs is 3. The monoisotopic (exact) mass is 646 g/mol. The summed E-state index contributed by atoms with van der Waals surface area (Å²) in [6, 6.07) is 4.73. The number of amides is 4. The summed E-state index contributed by atoms with van der Waals surface area (Å²) in [7, 11) is 0. The number of nitrogens with one attached hydrogen (secondary N) is 2. The van der Waals surface area contributed by atoms with Crippen LogP contribution in [0.1, 0.15) is 70.4 Å². The van der Waals surface area contributed by atoms with Crippen molar-refractivity contribution in [2.24, 2.45) is 5.92 Å². The number of carbonyl (C=O) groups is 5. The van der Waals surface area contributed by atoms with Gasteiger partial charge in [0.05, 0.1) is 6.54 Å². The summed E-state index contributed by atoms with van der Waals surface area (Å²) in [5, 5.41) is 15.0. The Labute approximate surface area is 265 Å². The standard InChI is InChI=1S/C32H40F2N4O8/c1-30(2,3)46-28(43)35-23-11-13-31(33,34)12-7-6-10-21-15-32(21,27(41)42)36-25(39)24-14-22(18-38(24)26(23)40)45-29(44)37-16-19-8-4-5-9-20(19)17-37/h4-6,8-10,21-24H,7,11-18H2,1-3H3,(H,35,43)(H,36,39)(H,41,42)/b10-6-/t21-,22-,23+,24?,32-/m1/s1. The highest BCUT2D eigenvalue weighted by Gasteiger charge is 2.61. The number of hydrogen-bond acceptors (Lipinski definition) is 7. The molecule has 250 valence electrons. The van der Waals surface area contributed by atoms with Crippen molar-refractivity contribution in [2.75, 3.05) is 6.54 Å². The van der Waals surface area contributed by atoms with Crippen molar-refractivity contribution in [2.45, 2.75) is 108 Å². The zero-order chi connectivity index (χ0) is 33.4. The fraction of sp³-hybridized carbons (Fsp3) is 0.594. The van der Waals surface area contributed by atoms with Crippen LogP contribution in [-0.2, 0) is 36.9 Å². The van der Waals surface area contributed by atoms with Crippen LogP contribution in [0.3, 0.4) is 0 Å². The maximum atomic E-state index is 14.9. The Morgan fingerprint density at radius 3 is 2.39 bits per heavy atom. The highest BCUT2D eigenvalue weighted by atomic mass is 19.3. The second-order valence-electron chi connectivity index (χ2n) is 13.5. The minimum absolute atomic E-state index is 0.0465. The van der Waals surface area contributed by atoms with E-state index in [1.165, 1.54) is 17.1 Å². The van der Waals surface area contributed by atoms with Crippen LogP contribution in [0.25, 0.3) is 0 Å². The van der Waals surface area contributed by atoms with E-state index < -0.39 is 90.4 Å². The lowest BCUT2D eigenvalue weighted by Gasteiger charge is -2.30. The Morgan fingerprint density at radius 2 is 1.76 bits per heavy atom. The van der Waals surface area contributed by atoms with Gasteiger partial charge in [-0.15, -0.1) is 0 Å². The van der Waals surface area contributed by atoms with Crippen molar-refractivity contribution in [1.82, 2.24) is 20.4 Å². The molecule has 3 N–H and O–H groups in total. The van der Waals surface area contributed by atoms with E-state index in [0.29, 0.717) is 13.1 Å². The summed E-state index contributed by atoms with van der Waals surface area (Å²) < 4.78 is 40.9. The van der Waals surface area contributed by atoms with Crippen LogP contribution in [0, 0.1) is 5.92 Å². The van der Waals surface area contributed by atoms with Crippen molar-refractivity contribution >= 4 is 30.0 Å². The number of rotatable bonds is 3. The molecule has 1 unspecified atom stereocenters. The minimum atomic E-state index is -3.20. The van der Waals surface area contributed by atoms with Crippen LogP contribution in [0.5, 0.6) is 0 Å². The van der Waals surface area contributed by atoms with Gasteiger partial charge in [-0.25, -0.2) is 23.2 Å². The van der Waals surface area contributed by atoms with E-state index in [-0.39, 0.29) is 25.8 Å². The number of carbonyl (C=O) groups excluding carboxylic acids is 4. The Balaban J connectivity index is 1.40. The summed E-state index contributed by atoms with van der Waals surface area (Å²) in [4.78, 5) is 68.4. The van der Waals surface area contributed by atoms with Crippen LogP contribution < -0.4 is 10.6 Å². The molecule has 1 saturated heterocycles. The number of carboxylic acid groups (broad SMARTS) is 1. The van der Waals surface area contributed by atoms with Crippen molar-refractivity contribution in [3.05, 3.63) is 47.5 Å². The Hall–Kier alpha value is -4.23. The van der Waals surface area contributed by atoms with Crippen LogP contribution in [0.15, 0.2) is 36.4 Å². The summed E-state index contributed by atoms with van der Waals surface area (Å²) in [5.74, 6) is -6.74. The quantitative estimate of drug-likeness (QED) is 0.420. The Kier molecular flexibility index (Phi) is 9.02. The van der Waals surface area contributed by atoms with Crippen molar-refractivity contribution in [3.63, 3.8) is 0 Å². The van der Waals surface area contributed by atoms with E-state index in [1.807, 2.05) is 24.3 Å². The van der Waals surface area contributed by atoms with Gasteiger partial charge in [-0.3, -0.25) is 14.5 Å². The molecule has 3 aliphatic heterocycles. The van der Waals surface area contributed by atoms with Gasteiger partial charge in [0.1, 0.15) is 29.3 Å². The molecule has 0 bridgehead atoms. The molecule has 1 aromatic rings. The normalized spacial score (nSPS) is 30.0. The highest BCUT2D eigenvalue weighted by molar-refractivity contribution is 5.96. The first-order valence-corrected chi connectivity index (χ1v) is 15.5. The largest absolute Gasteiger partial charge is 0.479 e. The predicted octanol–water partition coefficient (Wildman–Crippen LogP) is 3.73. The molecule has 1 aromatic carbocycles. The number of nitrogens with zero attached hydrogens (tertiary/aromatic N) is 2. The first kappa shape index (κ1) is 33.1. The minimum Gasteiger partial charge on any atom is -0.479 e. The first-order valence-electron chi connectivity index (χ1n) is 15.5. The fourth-order valence-corrected chi connectivity index (χ4v) is 6.26. The molecule has 1 saturated carbocycles. The molecular formula is C32H40F2N4O8. The van der Waals surface area contributed by atoms with E-state index in [9.17, 15) is 37.9 Å². The summed E-state index contributed by atoms with van der Waals surface area (Å²) in [5.41, 5.74) is -0.671. The van der Waals surface area contributed by atoms with Gasteiger partial charge in [0, 0.05) is 38.3 Å². The number of allylic oxidation sites excluding steroid dienone is 1. The molecule has 2 fully saturated rings. The molecule has 0 aromatic heterocycles. The van der Waals surface area contributed by atoms with E-state index in [1.54, 1.807) is 20.8 Å². The van der Waals surface area contributed by atoms with E-state index in [0.717, 1.165) is 16.0 Å². The zero-order valence-corrected chi connectivity index (χ0v) is 26.1. The number of alkyl carbamates (subject to hydrolysis) is 1. The van der Waals surface area contributed by atoms with Gasteiger partial charge in [-0.1, -0.05) is 36.4 Å². The molecule has 46 heavy (non-hydrogen) atoms. The second kappa shape index (κ2) is 12.5. The van der Waals surface area contributed by atoms with Crippen LogP contribution in [0.4, 0.5) is 18.4 Å². The second-order valence-corrected chi connectivity index (χ2v) is 13.5. The number of alkyl halides is 2. The number of benzene rings is 1. The molecule has 12 nitrogen and oxygen atoms in total. The van der Waals surface area contributed by atoms with Crippen molar-refractivity contribution in [3.8, 4) is 0 Å². The number of hydrogen-bond donors (Lipinski definition) is 3. The van der Waals surface area contributed by atoms with Gasteiger partial charge in [-0.2, -0.15) is 0 Å². The van der Waals surface area contributed by atoms with Gasteiger partial charge in [0.15, 0.2) is 0 Å². The topological polar surface area (TPSA) is 155 Å². The van der Waals surface area contributed by atoms with Crippen molar-refractivity contribution in [1.29, 1.82) is 0 Å². The van der Waals surface area contributed by atoms with E-state index in [2.05, 4.69) is 10.6 Å². The molecule has 5 atom stereocenters. The average Bonchev–Trinajstić information content (AvgIpc) is 3.28. The Morgan fingerprint density at radius 1 is 1.09 bits per heavy atom. The summed E-state index contributed by atoms with van der Waals surface area (Å²) in [6.07, 6.45) is -1.53. The predicted molar refractivity (Wildman–Crippen MR) is 158 cm³/mol. The van der Waals surface area contributed by atoms with E-state index >= 15 is 0 Å². The number of ether oxygens (including phenoxy) is 2. The molecule has 5 rings (SSSR count). The van der Waals surface area contributed by atoms with Crippen LogP contribution in [-0.4, -0.2) is 86.7 Å². The third-order valence-electron chi connectivity index (χ3n) is 8.79. The zero-order valence-electron chi connectivity index (χ0n) is 26.1. The van der Waals surface area contributed by atoms with Gasteiger partial charge in [-0.05, 0) is 51.2 Å². The lowest BCUT2D eigenvalue weighted by atomic mass is 10.0. The number of halogens is 2. The maximum absolute atomic E-state index is 14.9. The average molecular weight is 647 g/mol. The smallest absolute Gasteiger partial charge is 0.410 e. The van der Waals surface area contributed by atoms with Crippen LogP contribution >= 0.6 is 0 Å². The van der Waals surface area contributed by atoms with Crippen LogP contribution in [0.2, 0.25) is 0 Å². The number of carboxylic acids is 1. The molecular weight excluding hydrogens is 606 g/mol. The van der Waals surface area contributed by atoms with Crippen molar-refractivity contribution < 1.29 is 47.3 Å². The molecule has 14 heteroatoms. The fourth-order valence-electron chi connectivity index (χ4n) is 6.26. The lowest BCUT2D eigenvalue weighted by Crippen LogP contribution is -2.56.